The molecular weight excluding hydrogens is 1330 g/mol. The Hall–Kier alpha value is -8.56. The number of nitrogens with zero attached hydrogens (tertiary/aromatic N) is 2. The Kier molecular flexibility index (Phi) is 33.8. The van der Waals surface area contributed by atoms with E-state index in [0.717, 1.165) is 36.0 Å². The average molecular weight is 1430 g/mol. The van der Waals surface area contributed by atoms with Gasteiger partial charge < -0.3 is 98.6 Å². The fraction of sp³-hybridized carbons (Fsp3) is 0.627. The van der Waals surface area contributed by atoms with Gasteiger partial charge >= 0.3 is 5.97 Å². The topological polar surface area (TPSA) is 477 Å². The van der Waals surface area contributed by atoms with Gasteiger partial charge in [-0.15, -0.1) is 11.6 Å². The Bertz CT molecular complexity index is 3180. The van der Waals surface area contributed by atoms with E-state index >= 15 is 19.2 Å². The molecule has 2 aliphatic heterocycles. The van der Waals surface area contributed by atoms with Crippen molar-refractivity contribution in [1.29, 1.82) is 0 Å². The minimum atomic E-state index is -2.15. The number of benzene rings is 1. The third-order valence-electron chi connectivity index (χ3n) is 17.7. The highest BCUT2D eigenvalue weighted by molar-refractivity contribution is 6.21. The normalized spacial score (nSPS) is 25.2. The molecule has 1 aromatic carbocycles. The van der Waals surface area contributed by atoms with Gasteiger partial charge in [0.05, 0.1) is 37.8 Å². The minimum absolute atomic E-state index is 0.0431. The van der Waals surface area contributed by atoms with E-state index in [2.05, 4.69) is 47.9 Å². The summed E-state index contributed by atoms with van der Waals surface area (Å²) in [5, 5.41) is 53.3. The molecule has 32 nitrogen and oxygen atoms in total. The van der Waals surface area contributed by atoms with E-state index < -0.39 is 210 Å². The van der Waals surface area contributed by atoms with Crippen LogP contribution < -0.4 is 59.3 Å². The molecule has 3 rings (SSSR count). The molecule has 3 unspecified atom stereocenters. The Labute approximate surface area is 588 Å². The van der Waals surface area contributed by atoms with Crippen molar-refractivity contribution in [3.05, 3.63) is 65.4 Å². The molecule has 100 heavy (non-hydrogen) atoms. The van der Waals surface area contributed by atoms with Gasteiger partial charge in [0.25, 0.3) is 5.91 Å². The number of phenols is 1. The van der Waals surface area contributed by atoms with E-state index in [-0.39, 0.29) is 30.7 Å². The Morgan fingerprint density at radius 3 is 2.04 bits per heavy atom. The third kappa shape index (κ3) is 23.8. The summed E-state index contributed by atoms with van der Waals surface area (Å²) in [6, 6.07) is -8.52. The highest BCUT2D eigenvalue weighted by atomic mass is 35.5. The first kappa shape index (κ1) is 85.7. The summed E-state index contributed by atoms with van der Waals surface area (Å²) >= 11 is 6.85. The van der Waals surface area contributed by atoms with Crippen molar-refractivity contribution < 1.29 is 91.9 Å². The van der Waals surface area contributed by atoms with Gasteiger partial charge in [0.15, 0.2) is 0 Å². The molecule has 33 heteroatoms. The number of methoxy groups -OCH3 is 2. The van der Waals surface area contributed by atoms with Gasteiger partial charge in [0.1, 0.15) is 71.5 Å². The SMILES string of the molecule is C/C=C(\NC(=O)CNC(=O)C(C)C(O)/C=C\C(C)=C\C(C)CC)C(=O)N[C@H](C(=O)N[C@H](C(=O)N[C@H]1C(=O)N[C@H](COC)C(=O)NCC(=O)N[C@@H](C)C(=O)N(C)[C@@H]([C@@H](C)O)C(=O)N[C@H]([C@H](OC)c2ccc(O)cc2)C(=O)N2CC[C@H](Cl)C[C@@]2(C)C(=O)O[C@@H]1C(C)C)[C@@H](C)[C@@H](C)C(N)=O)[C@H](C)N. The number of alkyl halides is 1. The summed E-state index contributed by atoms with van der Waals surface area (Å²) in [4.78, 5) is 187. The van der Waals surface area contributed by atoms with E-state index in [4.69, 9.17) is 37.3 Å². The van der Waals surface area contributed by atoms with Crippen molar-refractivity contribution in [2.75, 3.05) is 47.5 Å². The number of esters is 1. The first-order valence-corrected chi connectivity index (χ1v) is 33.5. The number of aromatic hydroxyl groups is 1. The molecule has 0 spiro atoms. The number of nitrogens with one attached hydrogen (secondary N) is 9. The molecule has 2 aliphatic rings. The van der Waals surface area contributed by atoms with Gasteiger partial charge in [-0.2, -0.15) is 0 Å². The Balaban J connectivity index is 2.22. The summed E-state index contributed by atoms with van der Waals surface area (Å²) in [7, 11) is 3.53. The number of primary amides is 1. The number of aliphatic hydroxyl groups excluding tert-OH is 2. The zero-order chi connectivity index (χ0) is 76.0. The molecule has 0 radical (unpaired) electrons. The van der Waals surface area contributed by atoms with Crippen LogP contribution in [0.1, 0.15) is 121 Å². The van der Waals surface area contributed by atoms with Crippen molar-refractivity contribution in [3.63, 3.8) is 0 Å². The minimum Gasteiger partial charge on any atom is -0.508 e. The lowest BCUT2D eigenvalue weighted by molar-refractivity contribution is -0.176. The number of likely N-dealkylation sites (N-methyl/N-ethyl adjacent to an activating group) is 1. The van der Waals surface area contributed by atoms with Crippen LogP contribution in [-0.2, 0) is 76.5 Å². The summed E-state index contributed by atoms with van der Waals surface area (Å²) in [6.45, 7) is 17.0. The number of rotatable bonds is 26. The van der Waals surface area contributed by atoms with Crippen molar-refractivity contribution in [1.82, 2.24) is 57.7 Å². The van der Waals surface area contributed by atoms with Crippen LogP contribution in [0.5, 0.6) is 5.75 Å². The van der Waals surface area contributed by atoms with Crippen LogP contribution in [0, 0.1) is 29.6 Å². The number of amides is 12. The zero-order valence-electron chi connectivity index (χ0n) is 59.8. The van der Waals surface area contributed by atoms with Crippen LogP contribution in [0.15, 0.2) is 59.8 Å². The maximum Gasteiger partial charge on any atom is 0.332 e. The number of halogens is 1. The van der Waals surface area contributed by atoms with E-state index in [0.29, 0.717) is 5.92 Å². The van der Waals surface area contributed by atoms with E-state index in [1.165, 1.54) is 113 Å². The lowest BCUT2D eigenvalue weighted by Crippen LogP contribution is -2.67. The van der Waals surface area contributed by atoms with Crippen LogP contribution >= 0.6 is 11.6 Å². The maximum atomic E-state index is 15.6. The van der Waals surface area contributed by atoms with Gasteiger partial charge in [0, 0.05) is 45.1 Å². The van der Waals surface area contributed by atoms with Gasteiger partial charge in [-0.05, 0) is 89.8 Å². The lowest BCUT2D eigenvalue weighted by atomic mass is 9.86. The van der Waals surface area contributed by atoms with Crippen LogP contribution in [-0.4, -0.2) is 227 Å². The molecule has 0 saturated carbocycles. The number of cyclic esters (lactones) is 1. The van der Waals surface area contributed by atoms with Crippen molar-refractivity contribution in [2.45, 2.75) is 193 Å². The molecule has 2 saturated heterocycles. The number of piperidine rings is 1. The average Bonchev–Trinajstić information content (AvgIpc) is 0.764. The Morgan fingerprint density at radius 2 is 1.49 bits per heavy atom. The second-order valence-electron chi connectivity index (χ2n) is 26.1. The van der Waals surface area contributed by atoms with Crippen LogP contribution in [0.3, 0.4) is 0 Å². The molecule has 0 aromatic heterocycles. The van der Waals surface area contributed by atoms with E-state index in [9.17, 15) is 58.5 Å². The second-order valence-corrected chi connectivity index (χ2v) is 26.7. The monoisotopic (exact) mass is 1430 g/mol. The second kappa shape index (κ2) is 39.4. The van der Waals surface area contributed by atoms with Crippen LogP contribution in [0.4, 0.5) is 0 Å². The fourth-order valence-corrected chi connectivity index (χ4v) is 11.6. The third-order valence-corrected chi connectivity index (χ3v) is 18.1. The zero-order valence-corrected chi connectivity index (χ0v) is 60.5. The smallest absolute Gasteiger partial charge is 0.332 e. The predicted molar refractivity (Wildman–Crippen MR) is 366 cm³/mol. The number of fused-ring (bicyclic) bond motifs is 1. The predicted octanol–water partition coefficient (Wildman–Crippen LogP) is -1.66. The summed E-state index contributed by atoms with van der Waals surface area (Å²) in [5.41, 5.74) is 10.6. The van der Waals surface area contributed by atoms with Crippen molar-refractivity contribution >= 4 is 88.5 Å². The first-order chi connectivity index (χ1) is 46.7. The molecule has 1 aromatic rings. The molecule has 2 fully saturated rings. The van der Waals surface area contributed by atoms with Gasteiger partial charge in [-0.1, -0.05) is 96.9 Å². The number of carbonyl (C=O) groups excluding carboxylic acids is 13. The molecule has 0 bridgehead atoms. The molecule has 558 valence electrons. The van der Waals surface area contributed by atoms with E-state index in [1.807, 2.05) is 26.8 Å². The molecule has 16 N–H and O–H groups in total. The maximum absolute atomic E-state index is 15.6. The van der Waals surface area contributed by atoms with E-state index in [1.54, 1.807) is 6.08 Å². The number of ether oxygens (including phenoxy) is 3. The number of carbonyl (C=O) groups is 13. The van der Waals surface area contributed by atoms with Crippen molar-refractivity contribution in [2.24, 2.45) is 41.1 Å². The standard InChI is InChI=1S/C67H104ClN13O19/c1-17-33(5)27-34(6)19-24-46(84)37(9)57(88)71-30-48(86)74-44(18-2)59(90)77-50(38(10)69)61(92)76-49(35(7)36(8)56(70)87)60(91)78-51-54(32(3)4)100-66(97)67(13)28-42(68)25-26-81(67)65(96)52(55(99-16)41-20-22-43(83)23-21-41)79-63(94)53(40(12)82)80(14)64(95)39(11)73-47(85)29-72-58(89)45(31-98-15)75-62(51)93/h18-24,27,32-33,35-40,42,45-46,49-55,82-84H,17,25-26,28-31,69H2,1-16H3,(H2,70,87)(H,71,88)(H,72,89)(H,73,85)(H,74,86)(H,75,93)(H,76,92)(H,77,90)(H,78,91)(H,79,94)/b24-19-,34-27+,44-18-/t33?,35-,36+,37?,38-,39-,40+,42-,45+,46?,49-,50-,51+,52+,53-,54+,55+,67-/m0/s1. The number of nitrogens with two attached hydrogens (primary N) is 2. The quantitative estimate of drug-likeness (QED) is 0.0214. The largest absolute Gasteiger partial charge is 0.508 e. The summed E-state index contributed by atoms with van der Waals surface area (Å²) < 4.78 is 17.5. The number of hydrogen-bond acceptors (Lipinski definition) is 20. The number of hydrogen-bond donors (Lipinski definition) is 14. The fourth-order valence-electron chi connectivity index (χ4n) is 11.2. The number of allylic oxidation sites excluding steroid dienone is 4. The van der Waals surface area contributed by atoms with Gasteiger partial charge in [-0.3, -0.25) is 57.5 Å². The molecule has 0 aliphatic carbocycles. The van der Waals surface area contributed by atoms with Crippen LogP contribution in [0.25, 0.3) is 0 Å². The molecular formula is C67H104ClN13O19. The summed E-state index contributed by atoms with van der Waals surface area (Å²) in [6.07, 6.45) is 0.770. The molecule has 2 heterocycles. The first-order valence-electron chi connectivity index (χ1n) is 33.1. The number of phenolic OH excluding ortho intramolecular Hbond substituents is 1. The summed E-state index contributed by atoms with van der Waals surface area (Å²) in [5.74, 6) is -18.1. The van der Waals surface area contributed by atoms with Gasteiger partial charge in [0.2, 0.25) is 65.0 Å². The highest BCUT2D eigenvalue weighted by Gasteiger charge is 2.53. The highest BCUT2D eigenvalue weighted by Crippen LogP contribution is 2.36. The Morgan fingerprint density at radius 1 is 0.860 bits per heavy atom. The van der Waals surface area contributed by atoms with Crippen LogP contribution in [0.2, 0.25) is 0 Å². The van der Waals surface area contributed by atoms with Gasteiger partial charge in [-0.25, -0.2) is 4.79 Å². The van der Waals surface area contributed by atoms with Crippen molar-refractivity contribution in [3.8, 4) is 5.75 Å². The molecule has 18 atom stereocenters. The lowest BCUT2D eigenvalue weighted by Gasteiger charge is -2.47. The molecule has 12 amide bonds. The number of aliphatic hydroxyl groups is 2.